The van der Waals surface area contributed by atoms with Crippen LogP contribution in [0.4, 0.5) is 10.1 Å². The number of benzene rings is 1. The summed E-state index contributed by atoms with van der Waals surface area (Å²) in [6, 6.07) is 4.07. The van der Waals surface area contributed by atoms with E-state index in [1.54, 1.807) is 6.07 Å². The van der Waals surface area contributed by atoms with Crippen LogP contribution in [0.15, 0.2) is 18.2 Å². The van der Waals surface area contributed by atoms with Crippen molar-refractivity contribution in [1.82, 2.24) is 0 Å². The first kappa shape index (κ1) is 13.8. The Morgan fingerprint density at radius 1 is 1.47 bits per heavy atom. The zero-order chi connectivity index (χ0) is 13.7. The molecule has 1 aromatic rings. The molecule has 1 aliphatic heterocycles. The lowest BCUT2D eigenvalue weighted by Gasteiger charge is -2.22. The molecular formula is C14H18FNO3. The number of hydrogen-bond donors (Lipinski definition) is 2. The van der Waals surface area contributed by atoms with E-state index in [2.05, 4.69) is 5.32 Å². The van der Waals surface area contributed by atoms with Crippen LogP contribution < -0.4 is 5.32 Å². The van der Waals surface area contributed by atoms with Gasteiger partial charge in [0.05, 0.1) is 11.7 Å². The molecule has 1 heterocycles. The summed E-state index contributed by atoms with van der Waals surface area (Å²) in [4.78, 5) is 10.7. The Bertz CT molecular complexity index is 444. The topological polar surface area (TPSA) is 58.6 Å². The molecule has 19 heavy (non-hydrogen) atoms. The van der Waals surface area contributed by atoms with Crippen LogP contribution in [0, 0.1) is 5.82 Å². The van der Waals surface area contributed by atoms with Gasteiger partial charge < -0.3 is 15.2 Å². The highest BCUT2D eigenvalue weighted by atomic mass is 19.1. The highest BCUT2D eigenvalue weighted by Crippen LogP contribution is 2.17. The number of hydrogen-bond acceptors (Lipinski definition) is 3. The summed E-state index contributed by atoms with van der Waals surface area (Å²) in [5.74, 6) is -1.97. The molecule has 0 radical (unpaired) electrons. The normalized spacial score (nSPS) is 19.1. The van der Waals surface area contributed by atoms with Gasteiger partial charge >= 0.3 is 5.97 Å². The summed E-state index contributed by atoms with van der Waals surface area (Å²) >= 11 is 0. The molecule has 0 aliphatic carbocycles. The number of halogens is 1. The number of carboxylic acid groups (broad SMARTS) is 1. The van der Waals surface area contributed by atoms with Crippen molar-refractivity contribution in [3.63, 3.8) is 0 Å². The summed E-state index contributed by atoms with van der Waals surface area (Å²) in [6.07, 6.45) is 4.57. The van der Waals surface area contributed by atoms with E-state index in [0.717, 1.165) is 25.9 Å². The van der Waals surface area contributed by atoms with E-state index in [1.807, 2.05) is 0 Å². The second kappa shape index (κ2) is 6.52. The molecule has 1 aromatic carbocycles. The van der Waals surface area contributed by atoms with E-state index in [9.17, 15) is 9.18 Å². The highest BCUT2D eigenvalue weighted by Gasteiger charge is 2.13. The first-order valence-corrected chi connectivity index (χ1v) is 6.55. The molecule has 0 aromatic heterocycles. The van der Waals surface area contributed by atoms with Crippen molar-refractivity contribution in [2.75, 3.05) is 18.5 Å². The number of rotatable bonds is 5. The molecule has 104 valence electrons. The maximum atomic E-state index is 13.4. The molecule has 0 amide bonds. The predicted octanol–water partition coefficient (Wildman–Crippen LogP) is 2.90. The minimum Gasteiger partial charge on any atom is -0.478 e. The maximum absolute atomic E-state index is 13.4. The number of nitrogens with one attached hydrogen (secondary N) is 1. The van der Waals surface area contributed by atoms with Crippen LogP contribution in [0.1, 0.15) is 36.0 Å². The van der Waals surface area contributed by atoms with Gasteiger partial charge in [0, 0.05) is 18.8 Å². The van der Waals surface area contributed by atoms with Crippen LogP contribution >= 0.6 is 0 Å². The van der Waals surface area contributed by atoms with E-state index < -0.39 is 11.8 Å². The van der Waals surface area contributed by atoms with Gasteiger partial charge in [0.25, 0.3) is 0 Å². The Labute approximate surface area is 111 Å². The summed E-state index contributed by atoms with van der Waals surface area (Å²) in [5.41, 5.74) is 0.291. The lowest BCUT2D eigenvalue weighted by Crippen LogP contribution is -2.22. The lowest BCUT2D eigenvalue weighted by molar-refractivity contribution is 0.0134. The fourth-order valence-corrected chi connectivity index (χ4v) is 2.21. The van der Waals surface area contributed by atoms with Crippen molar-refractivity contribution < 1.29 is 19.0 Å². The van der Waals surface area contributed by atoms with Crippen molar-refractivity contribution >= 4 is 11.7 Å². The van der Waals surface area contributed by atoms with Crippen molar-refractivity contribution in [3.05, 3.63) is 29.6 Å². The van der Waals surface area contributed by atoms with Gasteiger partial charge in [-0.05, 0) is 43.9 Å². The number of ether oxygens (including phenoxy) is 1. The minimum atomic E-state index is -1.25. The molecular weight excluding hydrogens is 249 g/mol. The Morgan fingerprint density at radius 3 is 2.95 bits per heavy atom. The molecule has 2 N–H and O–H groups in total. The fraction of sp³-hybridized carbons (Fsp3) is 0.500. The SMILES string of the molecule is O=C(O)c1ccc(NCCC2CCCCO2)cc1F. The van der Waals surface area contributed by atoms with Crippen LogP contribution in [0.2, 0.25) is 0 Å². The van der Waals surface area contributed by atoms with Crippen LogP contribution in [0.3, 0.4) is 0 Å². The van der Waals surface area contributed by atoms with Gasteiger partial charge in [0.1, 0.15) is 5.82 Å². The summed E-state index contributed by atoms with van der Waals surface area (Å²) in [5, 5.41) is 11.8. The molecule has 0 spiro atoms. The fourth-order valence-electron chi connectivity index (χ4n) is 2.21. The third-order valence-electron chi connectivity index (χ3n) is 3.27. The van der Waals surface area contributed by atoms with E-state index in [1.165, 1.54) is 18.6 Å². The van der Waals surface area contributed by atoms with Crippen LogP contribution in [-0.2, 0) is 4.74 Å². The third kappa shape index (κ3) is 3.92. The number of carbonyl (C=O) groups is 1. The molecule has 2 rings (SSSR count). The smallest absolute Gasteiger partial charge is 0.338 e. The average molecular weight is 267 g/mol. The minimum absolute atomic E-state index is 0.282. The molecule has 5 heteroatoms. The van der Waals surface area contributed by atoms with Crippen molar-refractivity contribution in [2.24, 2.45) is 0 Å². The van der Waals surface area contributed by atoms with Crippen molar-refractivity contribution in [2.45, 2.75) is 31.8 Å². The summed E-state index contributed by atoms with van der Waals surface area (Å²) in [7, 11) is 0. The molecule has 1 atom stereocenters. The van der Waals surface area contributed by atoms with Gasteiger partial charge in [-0.3, -0.25) is 0 Å². The Kier molecular flexibility index (Phi) is 4.74. The molecule has 1 fully saturated rings. The highest BCUT2D eigenvalue weighted by molar-refractivity contribution is 5.88. The third-order valence-corrected chi connectivity index (χ3v) is 3.27. The van der Waals surface area contributed by atoms with Crippen molar-refractivity contribution in [1.29, 1.82) is 0 Å². The maximum Gasteiger partial charge on any atom is 0.338 e. The lowest BCUT2D eigenvalue weighted by atomic mass is 10.1. The average Bonchev–Trinajstić information content (AvgIpc) is 2.39. The predicted molar refractivity (Wildman–Crippen MR) is 70.1 cm³/mol. The van der Waals surface area contributed by atoms with Gasteiger partial charge in [-0.2, -0.15) is 0 Å². The first-order valence-electron chi connectivity index (χ1n) is 6.55. The first-order chi connectivity index (χ1) is 9.16. The molecule has 0 bridgehead atoms. The van der Waals surface area contributed by atoms with E-state index in [-0.39, 0.29) is 11.7 Å². The van der Waals surface area contributed by atoms with Crippen LogP contribution in [0.25, 0.3) is 0 Å². The second-order valence-electron chi connectivity index (χ2n) is 4.70. The zero-order valence-corrected chi connectivity index (χ0v) is 10.7. The summed E-state index contributed by atoms with van der Waals surface area (Å²) in [6.45, 7) is 1.52. The zero-order valence-electron chi connectivity index (χ0n) is 10.7. The van der Waals surface area contributed by atoms with E-state index in [0.29, 0.717) is 12.2 Å². The second-order valence-corrected chi connectivity index (χ2v) is 4.70. The Hall–Kier alpha value is -1.62. The number of carboxylic acids is 1. The number of anilines is 1. The molecule has 1 aliphatic rings. The molecule has 4 nitrogen and oxygen atoms in total. The van der Waals surface area contributed by atoms with Gasteiger partial charge in [-0.25, -0.2) is 9.18 Å². The Morgan fingerprint density at radius 2 is 2.32 bits per heavy atom. The van der Waals surface area contributed by atoms with Gasteiger partial charge in [-0.1, -0.05) is 0 Å². The van der Waals surface area contributed by atoms with Crippen LogP contribution in [-0.4, -0.2) is 30.3 Å². The van der Waals surface area contributed by atoms with E-state index >= 15 is 0 Å². The monoisotopic (exact) mass is 267 g/mol. The van der Waals surface area contributed by atoms with Crippen molar-refractivity contribution in [3.8, 4) is 0 Å². The Balaban J connectivity index is 1.82. The largest absolute Gasteiger partial charge is 0.478 e. The summed E-state index contributed by atoms with van der Waals surface area (Å²) < 4.78 is 19.0. The van der Waals surface area contributed by atoms with Gasteiger partial charge in [0.15, 0.2) is 0 Å². The van der Waals surface area contributed by atoms with Crippen LogP contribution in [0.5, 0.6) is 0 Å². The van der Waals surface area contributed by atoms with E-state index in [4.69, 9.17) is 9.84 Å². The standard InChI is InChI=1S/C14H18FNO3/c15-13-9-10(4-5-12(13)14(17)18)16-7-6-11-3-1-2-8-19-11/h4-5,9,11,16H,1-3,6-8H2,(H,17,18). The quantitative estimate of drug-likeness (QED) is 0.861. The van der Waals surface area contributed by atoms with Gasteiger partial charge in [-0.15, -0.1) is 0 Å². The molecule has 1 saturated heterocycles. The number of aromatic carboxylic acids is 1. The molecule has 1 unspecified atom stereocenters. The molecule has 0 saturated carbocycles. The van der Waals surface area contributed by atoms with Gasteiger partial charge in [0.2, 0.25) is 0 Å².